The number of para-hydroxylation sites is 1. The number of aromatic amines is 1. The minimum absolute atomic E-state index is 0.126. The molecule has 17 heteroatoms. The van der Waals surface area contributed by atoms with E-state index in [4.69, 9.17) is 9.47 Å². The van der Waals surface area contributed by atoms with Crippen LogP contribution in [0.4, 0.5) is 37.7 Å². The van der Waals surface area contributed by atoms with Gasteiger partial charge in [0.25, 0.3) is 5.91 Å². The van der Waals surface area contributed by atoms with Crippen LogP contribution in [0.3, 0.4) is 0 Å². The van der Waals surface area contributed by atoms with Gasteiger partial charge in [-0.05, 0) is 72.2 Å². The van der Waals surface area contributed by atoms with Crippen molar-refractivity contribution in [2.45, 2.75) is 35.0 Å². The predicted octanol–water partition coefficient (Wildman–Crippen LogP) is 7.18. The van der Waals surface area contributed by atoms with Crippen molar-refractivity contribution in [3.05, 3.63) is 98.0 Å². The van der Waals surface area contributed by atoms with E-state index in [1.165, 1.54) is 43.1 Å². The van der Waals surface area contributed by atoms with Gasteiger partial charge in [0.1, 0.15) is 0 Å². The minimum Gasteiger partial charge on any atom is -0.493 e. The van der Waals surface area contributed by atoms with Gasteiger partial charge in [-0.3, -0.25) is 24.1 Å². The molecular formula is C36H27F6N3O6S2. The number of carbonyl (C=O) groups is 3. The number of benzene rings is 3. The Hall–Kier alpha value is -4.77. The van der Waals surface area contributed by atoms with Crippen LogP contribution in [0.5, 0.6) is 11.5 Å². The summed E-state index contributed by atoms with van der Waals surface area (Å²) in [6.07, 6.45) is -8.80. The Labute approximate surface area is 304 Å². The fourth-order valence-electron chi connectivity index (χ4n) is 8.63. The van der Waals surface area contributed by atoms with Crippen LogP contribution in [-0.4, -0.2) is 41.7 Å². The van der Waals surface area contributed by atoms with Crippen molar-refractivity contribution in [3.63, 3.8) is 0 Å². The fraction of sp³-hybridized carbons (Fsp3) is 0.333. The molecular weight excluding hydrogens is 749 g/mol. The van der Waals surface area contributed by atoms with Crippen molar-refractivity contribution in [3.8, 4) is 11.5 Å². The van der Waals surface area contributed by atoms with Gasteiger partial charge < -0.3 is 19.8 Å². The van der Waals surface area contributed by atoms with E-state index in [0.717, 1.165) is 45.4 Å². The Kier molecular flexibility index (Phi) is 8.44. The average molecular weight is 776 g/mol. The molecule has 9 nitrogen and oxygen atoms in total. The maximum absolute atomic E-state index is 14.0. The van der Waals surface area contributed by atoms with Gasteiger partial charge in [0.2, 0.25) is 11.8 Å². The number of anilines is 2. The number of nitrogens with one attached hydrogen (secondary N) is 2. The zero-order valence-electron chi connectivity index (χ0n) is 27.3. The van der Waals surface area contributed by atoms with E-state index in [1.807, 2.05) is 0 Å². The molecule has 0 spiro atoms. The van der Waals surface area contributed by atoms with Crippen molar-refractivity contribution in [1.29, 1.82) is 0 Å². The first-order valence-electron chi connectivity index (χ1n) is 16.4. The number of fused-ring (bicyclic) bond motifs is 9. The second-order valence-corrected chi connectivity index (χ2v) is 15.5. The van der Waals surface area contributed by atoms with Gasteiger partial charge in [-0.25, -0.2) is 0 Å². The molecule has 4 aliphatic rings. The second kappa shape index (κ2) is 12.7. The van der Waals surface area contributed by atoms with Crippen molar-refractivity contribution in [1.82, 2.24) is 4.98 Å². The topological polar surface area (TPSA) is 118 Å². The first kappa shape index (κ1) is 35.3. The van der Waals surface area contributed by atoms with Gasteiger partial charge in [0, 0.05) is 16.0 Å². The minimum atomic E-state index is -4.68. The number of alkyl halides is 6. The van der Waals surface area contributed by atoms with E-state index >= 15 is 0 Å². The first-order valence-corrected chi connectivity index (χ1v) is 18.1. The number of hydrogen-bond donors (Lipinski definition) is 2. The quantitative estimate of drug-likeness (QED) is 0.151. The molecule has 2 N–H and O–H groups in total. The van der Waals surface area contributed by atoms with Gasteiger partial charge in [-0.1, -0.05) is 35.6 Å². The zero-order valence-corrected chi connectivity index (χ0v) is 28.9. The van der Waals surface area contributed by atoms with Gasteiger partial charge in [0.05, 0.1) is 46.5 Å². The Morgan fingerprint density at radius 1 is 0.906 bits per heavy atom. The lowest BCUT2D eigenvalue weighted by Gasteiger charge is -2.43. The molecule has 4 unspecified atom stereocenters. The number of hydrogen-bond acceptors (Lipinski definition) is 8. The highest BCUT2D eigenvalue weighted by Crippen LogP contribution is 2.69. The maximum Gasteiger partial charge on any atom is 0.418 e. The van der Waals surface area contributed by atoms with E-state index in [0.29, 0.717) is 17.0 Å². The highest BCUT2D eigenvalue weighted by molar-refractivity contribution is 8.00. The van der Waals surface area contributed by atoms with Crippen LogP contribution >= 0.6 is 23.1 Å². The van der Waals surface area contributed by atoms with E-state index in [-0.39, 0.29) is 45.1 Å². The molecule has 53 heavy (non-hydrogen) atoms. The number of aromatic nitrogens is 1. The van der Waals surface area contributed by atoms with Crippen LogP contribution in [0.1, 0.15) is 33.9 Å². The van der Waals surface area contributed by atoms with E-state index < -0.39 is 71.2 Å². The molecule has 1 saturated heterocycles. The number of halogens is 6. The number of thiazole rings is 1. The number of amides is 3. The Bertz CT molecular complexity index is 2220. The average Bonchev–Trinajstić information content (AvgIpc) is 3.85. The summed E-state index contributed by atoms with van der Waals surface area (Å²) in [6.45, 7) is -0.637. The molecule has 2 bridgehead atoms. The molecule has 0 radical (unpaired) electrons. The van der Waals surface area contributed by atoms with Crippen molar-refractivity contribution in [2.24, 2.45) is 29.6 Å². The van der Waals surface area contributed by atoms with E-state index in [9.17, 15) is 45.5 Å². The third-order valence-corrected chi connectivity index (χ3v) is 13.2. The largest absolute Gasteiger partial charge is 0.493 e. The van der Waals surface area contributed by atoms with Crippen LogP contribution in [0.25, 0.3) is 0 Å². The number of ether oxygens (including phenoxy) is 2. The van der Waals surface area contributed by atoms with E-state index in [1.54, 1.807) is 18.2 Å². The lowest BCUT2D eigenvalue weighted by molar-refractivity contribution is -0.138. The summed E-state index contributed by atoms with van der Waals surface area (Å²) in [4.78, 5) is 57.4. The number of carbonyl (C=O) groups excluding carboxylic acids is 3. The number of nitrogens with zero attached hydrogens (tertiary/aromatic N) is 1. The third kappa shape index (κ3) is 5.88. The zero-order chi connectivity index (χ0) is 37.6. The summed E-state index contributed by atoms with van der Waals surface area (Å²) in [5.74, 6) is -4.33. The molecule has 2 saturated carbocycles. The summed E-state index contributed by atoms with van der Waals surface area (Å²) in [6, 6.07) is 13.7. The van der Waals surface area contributed by atoms with Crippen LogP contribution < -0.4 is 24.6 Å². The molecule has 3 fully saturated rings. The normalized spacial score (nSPS) is 25.9. The highest BCUT2D eigenvalue weighted by atomic mass is 32.2. The number of rotatable bonds is 7. The Morgan fingerprint density at radius 3 is 2.36 bits per heavy atom. The number of imide groups is 1. The van der Waals surface area contributed by atoms with Crippen molar-refractivity contribution in [2.75, 3.05) is 23.9 Å². The molecule has 8 rings (SSSR count). The smallest absolute Gasteiger partial charge is 0.418 e. The molecule has 1 aromatic heterocycles. The molecule has 2 aliphatic carbocycles. The third-order valence-electron chi connectivity index (χ3n) is 10.6. The summed E-state index contributed by atoms with van der Waals surface area (Å²) >= 11 is 2.47. The number of thioether (sulfide) groups is 1. The van der Waals surface area contributed by atoms with Gasteiger partial charge in [0.15, 0.2) is 18.1 Å². The summed E-state index contributed by atoms with van der Waals surface area (Å²) in [5, 5.41) is 2.66. The predicted molar refractivity (Wildman–Crippen MR) is 181 cm³/mol. The molecule has 7 atom stereocenters. The molecule has 3 amide bonds. The van der Waals surface area contributed by atoms with Crippen molar-refractivity contribution >= 4 is 52.2 Å². The Morgan fingerprint density at radius 2 is 1.64 bits per heavy atom. The summed E-state index contributed by atoms with van der Waals surface area (Å²) in [7, 11) is 1.37. The number of H-pyrrole nitrogens is 1. The standard InChI is InChI=1S/C36H27F6N3O6S2/c1-50-23-11-15(9-10-22(23)51-14-24(46)43-21-8-3-2-7-20(21)36(40,41)42)25-26-18-13-19(29(26)52-31-30(25)53-34(49)44-31)28-27(18)32(47)45(33(28)48)17-6-4-5-16(12-17)35(37,38)39/h2-12,18-19,25-29H,13-14H2,1H3,(H,43,46)(H,44,49)/t18-,19-,25-,26?,27?,28?,29?/m1/s1. The molecule has 4 aromatic rings. The van der Waals surface area contributed by atoms with Gasteiger partial charge in [-0.15, -0.1) is 11.8 Å². The second-order valence-electron chi connectivity index (χ2n) is 13.3. The van der Waals surface area contributed by atoms with Gasteiger partial charge in [-0.2, -0.15) is 26.3 Å². The number of methoxy groups -OCH3 is 1. The highest BCUT2D eigenvalue weighted by Gasteiger charge is 2.69. The fourth-order valence-corrected chi connectivity index (χ4v) is 11.5. The first-order chi connectivity index (χ1) is 25.2. The molecule has 3 heterocycles. The lowest BCUT2D eigenvalue weighted by Crippen LogP contribution is -2.42. The van der Waals surface area contributed by atoms with Crippen LogP contribution in [0.2, 0.25) is 0 Å². The lowest BCUT2D eigenvalue weighted by atomic mass is 9.68. The van der Waals surface area contributed by atoms with Crippen molar-refractivity contribution < 1.29 is 50.2 Å². The molecule has 2 aliphatic heterocycles. The van der Waals surface area contributed by atoms with Crippen LogP contribution in [-0.2, 0) is 26.7 Å². The Balaban J connectivity index is 1.07. The monoisotopic (exact) mass is 775 g/mol. The molecule has 276 valence electrons. The summed E-state index contributed by atoms with van der Waals surface area (Å²) < 4.78 is 92.2. The summed E-state index contributed by atoms with van der Waals surface area (Å²) in [5.41, 5.74) is -1.83. The van der Waals surface area contributed by atoms with Crippen LogP contribution in [0, 0.1) is 29.6 Å². The molecule has 3 aromatic carbocycles. The SMILES string of the molecule is COc1cc([C@H]2c3sc(=O)[nH]c3SC3C2[C@H]2C[C@@H]3C3C(=O)N(c4cccc(C(F)(F)F)c4)C(=O)C32)ccc1OCC(=O)Nc1ccccc1C(F)(F)F. The van der Waals surface area contributed by atoms with Crippen LogP contribution in [0.15, 0.2) is 76.6 Å². The van der Waals surface area contributed by atoms with E-state index in [2.05, 4.69) is 10.3 Å². The van der Waals surface area contributed by atoms with Gasteiger partial charge >= 0.3 is 17.2 Å². The maximum atomic E-state index is 14.0.